The average molecular weight is 377 g/mol. The Balaban J connectivity index is 1.68. The molecule has 0 aromatic rings. The van der Waals surface area contributed by atoms with Crippen LogP contribution in [0.3, 0.4) is 0 Å². The molecular weight excluding hydrogens is 336 g/mol. The summed E-state index contributed by atoms with van der Waals surface area (Å²) in [5, 5.41) is 0. The Kier molecular flexibility index (Phi) is 14.4. The fourth-order valence-corrected chi connectivity index (χ4v) is 2.67. The van der Waals surface area contributed by atoms with E-state index < -0.39 is 0 Å². The molecule has 0 unspecified atom stereocenters. The standard InChI is InChI=1S/C20H40O6/c1-20(2,3)26-18-16-24-14-12-22-10-9-21-11-13-23-15-17-25-19-7-5-4-6-8-19/h19H,4-18H2,1-3H3. The van der Waals surface area contributed by atoms with E-state index in [-0.39, 0.29) is 5.60 Å². The summed E-state index contributed by atoms with van der Waals surface area (Å²) in [5.74, 6) is 0. The summed E-state index contributed by atoms with van der Waals surface area (Å²) in [7, 11) is 0. The van der Waals surface area contributed by atoms with E-state index in [2.05, 4.69) is 0 Å². The van der Waals surface area contributed by atoms with Crippen LogP contribution in [0.2, 0.25) is 0 Å². The second-order valence-corrected chi connectivity index (χ2v) is 7.54. The molecule has 1 aliphatic rings. The predicted molar refractivity (Wildman–Crippen MR) is 102 cm³/mol. The summed E-state index contributed by atoms with van der Waals surface area (Å²) < 4.78 is 33.2. The van der Waals surface area contributed by atoms with Gasteiger partial charge in [-0.05, 0) is 33.6 Å². The van der Waals surface area contributed by atoms with Crippen molar-refractivity contribution < 1.29 is 28.4 Å². The van der Waals surface area contributed by atoms with Crippen LogP contribution in [0.25, 0.3) is 0 Å². The van der Waals surface area contributed by atoms with Crippen LogP contribution in [0.15, 0.2) is 0 Å². The van der Waals surface area contributed by atoms with Crippen molar-refractivity contribution in [1.82, 2.24) is 0 Å². The van der Waals surface area contributed by atoms with Crippen LogP contribution in [0.5, 0.6) is 0 Å². The highest BCUT2D eigenvalue weighted by Crippen LogP contribution is 2.19. The summed E-state index contributed by atoms with van der Waals surface area (Å²) in [4.78, 5) is 0. The Labute approximate surface area is 159 Å². The van der Waals surface area contributed by atoms with Crippen molar-refractivity contribution in [3.05, 3.63) is 0 Å². The first-order valence-electron chi connectivity index (χ1n) is 10.1. The molecular formula is C20H40O6. The summed E-state index contributed by atoms with van der Waals surface area (Å²) in [6, 6.07) is 0. The fraction of sp³-hybridized carbons (Fsp3) is 1.00. The minimum Gasteiger partial charge on any atom is -0.377 e. The smallest absolute Gasteiger partial charge is 0.0707 e. The van der Waals surface area contributed by atoms with Gasteiger partial charge in [0.2, 0.25) is 0 Å². The molecule has 0 N–H and O–H groups in total. The van der Waals surface area contributed by atoms with Crippen molar-refractivity contribution >= 4 is 0 Å². The molecule has 0 saturated heterocycles. The Bertz CT molecular complexity index is 299. The summed E-state index contributed by atoms with van der Waals surface area (Å²) in [6.07, 6.45) is 6.84. The summed E-state index contributed by atoms with van der Waals surface area (Å²) in [5.41, 5.74) is -0.108. The van der Waals surface area contributed by atoms with E-state index in [9.17, 15) is 0 Å². The van der Waals surface area contributed by atoms with Gasteiger partial charge in [0.25, 0.3) is 0 Å². The number of hydrogen-bond acceptors (Lipinski definition) is 6. The van der Waals surface area contributed by atoms with E-state index in [1.165, 1.54) is 32.1 Å². The van der Waals surface area contributed by atoms with Gasteiger partial charge in [-0.15, -0.1) is 0 Å². The van der Waals surface area contributed by atoms with E-state index in [0.717, 1.165) is 0 Å². The van der Waals surface area contributed by atoms with Gasteiger partial charge in [0, 0.05) is 0 Å². The molecule has 26 heavy (non-hydrogen) atoms. The second kappa shape index (κ2) is 15.8. The number of ether oxygens (including phenoxy) is 6. The van der Waals surface area contributed by atoms with Crippen molar-refractivity contribution in [2.45, 2.75) is 64.6 Å². The maximum atomic E-state index is 5.80. The van der Waals surface area contributed by atoms with Gasteiger partial charge in [0.1, 0.15) is 0 Å². The number of hydrogen-bond donors (Lipinski definition) is 0. The van der Waals surface area contributed by atoms with Crippen molar-refractivity contribution in [3.63, 3.8) is 0 Å². The maximum absolute atomic E-state index is 5.80. The minimum absolute atomic E-state index is 0.108. The molecule has 0 bridgehead atoms. The lowest BCUT2D eigenvalue weighted by molar-refractivity contribution is -0.0474. The van der Waals surface area contributed by atoms with Gasteiger partial charge >= 0.3 is 0 Å². The first-order valence-corrected chi connectivity index (χ1v) is 10.1. The first-order chi connectivity index (χ1) is 12.6. The van der Waals surface area contributed by atoms with Crippen molar-refractivity contribution in [2.75, 3.05) is 66.1 Å². The van der Waals surface area contributed by atoms with Crippen LogP contribution in [-0.4, -0.2) is 77.8 Å². The molecule has 0 spiro atoms. The van der Waals surface area contributed by atoms with E-state index in [1.807, 2.05) is 20.8 Å². The van der Waals surface area contributed by atoms with Crippen molar-refractivity contribution in [2.24, 2.45) is 0 Å². The summed E-state index contributed by atoms with van der Waals surface area (Å²) >= 11 is 0. The zero-order chi connectivity index (χ0) is 18.9. The molecule has 6 heteroatoms. The van der Waals surface area contributed by atoms with Gasteiger partial charge in [0.15, 0.2) is 0 Å². The predicted octanol–water partition coefficient (Wildman–Crippen LogP) is 3.22. The van der Waals surface area contributed by atoms with Crippen LogP contribution in [0.1, 0.15) is 52.9 Å². The lowest BCUT2D eigenvalue weighted by atomic mass is 9.98. The molecule has 0 aromatic carbocycles. The lowest BCUT2D eigenvalue weighted by Gasteiger charge is -2.21. The highest BCUT2D eigenvalue weighted by Gasteiger charge is 2.13. The van der Waals surface area contributed by atoms with Gasteiger partial charge in [-0.3, -0.25) is 0 Å². The maximum Gasteiger partial charge on any atom is 0.0707 e. The molecule has 1 rings (SSSR count). The van der Waals surface area contributed by atoms with Gasteiger partial charge in [0.05, 0.1) is 77.8 Å². The molecule has 1 fully saturated rings. The lowest BCUT2D eigenvalue weighted by Crippen LogP contribution is -2.22. The van der Waals surface area contributed by atoms with E-state index >= 15 is 0 Å². The van der Waals surface area contributed by atoms with E-state index in [0.29, 0.717) is 72.2 Å². The van der Waals surface area contributed by atoms with Gasteiger partial charge in [-0.2, -0.15) is 0 Å². The SMILES string of the molecule is CC(C)(C)OCCOCCOCCOCCOCCOC1CCCCC1. The topological polar surface area (TPSA) is 55.4 Å². The molecule has 0 heterocycles. The van der Waals surface area contributed by atoms with Gasteiger partial charge in [-0.1, -0.05) is 19.3 Å². The second-order valence-electron chi connectivity index (χ2n) is 7.54. The van der Waals surface area contributed by atoms with E-state index in [1.54, 1.807) is 0 Å². The molecule has 0 amide bonds. The van der Waals surface area contributed by atoms with Crippen LogP contribution in [0.4, 0.5) is 0 Å². The highest BCUT2D eigenvalue weighted by molar-refractivity contribution is 4.64. The largest absolute Gasteiger partial charge is 0.377 e. The van der Waals surface area contributed by atoms with Crippen LogP contribution < -0.4 is 0 Å². The molecule has 156 valence electrons. The van der Waals surface area contributed by atoms with Gasteiger partial charge in [-0.25, -0.2) is 0 Å². The molecule has 0 radical (unpaired) electrons. The molecule has 0 atom stereocenters. The first kappa shape index (κ1) is 23.8. The Morgan fingerprint density at radius 3 is 1.46 bits per heavy atom. The zero-order valence-electron chi connectivity index (χ0n) is 17.1. The van der Waals surface area contributed by atoms with Crippen molar-refractivity contribution in [1.29, 1.82) is 0 Å². The van der Waals surface area contributed by atoms with Crippen molar-refractivity contribution in [3.8, 4) is 0 Å². The Morgan fingerprint density at radius 1 is 0.577 bits per heavy atom. The quantitative estimate of drug-likeness (QED) is 0.386. The third kappa shape index (κ3) is 16.0. The Hall–Kier alpha value is -0.240. The van der Waals surface area contributed by atoms with Crippen LogP contribution in [0, 0.1) is 0 Å². The monoisotopic (exact) mass is 376 g/mol. The van der Waals surface area contributed by atoms with Gasteiger partial charge < -0.3 is 28.4 Å². The summed E-state index contributed by atoms with van der Waals surface area (Å²) in [6.45, 7) is 12.1. The number of rotatable bonds is 16. The van der Waals surface area contributed by atoms with E-state index in [4.69, 9.17) is 28.4 Å². The molecule has 0 aromatic heterocycles. The molecule has 1 aliphatic carbocycles. The third-order valence-electron chi connectivity index (χ3n) is 4.01. The average Bonchev–Trinajstić information content (AvgIpc) is 2.61. The minimum atomic E-state index is -0.108. The van der Waals surface area contributed by atoms with Crippen LogP contribution >= 0.6 is 0 Å². The fourth-order valence-electron chi connectivity index (χ4n) is 2.67. The Morgan fingerprint density at radius 2 is 1.00 bits per heavy atom. The highest BCUT2D eigenvalue weighted by atomic mass is 16.6. The van der Waals surface area contributed by atoms with Crippen LogP contribution in [-0.2, 0) is 28.4 Å². The normalized spacial score (nSPS) is 16.3. The zero-order valence-corrected chi connectivity index (χ0v) is 17.1. The molecule has 1 saturated carbocycles. The third-order valence-corrected chi connectivity index (χ3v) is 4.01. The molecule has 0 aliphatic heterocycles. The molecule has 6 nitrogen and oxygen atoms in total.